The predicted molar refractivity (Wildman–Crippen MR) is 110 cm³/mol. The lowest BCUT2D eigenvalue weighted by molar-refractivity contribution is -0.130. The lowest BCUT2D eigenvalue weighted by atomic mass is 10.1. The number of hydrogen-bond donors (Lipinski definition) is 0. The number of amides is 1. The van der Waals surface area contributed by atoms with Crippen LogP contribution in [0.5, 0.6) is 5.75 Å². The molecule has 1 amide bonds. The van der Waals surface area contributed by atoms with Gasteiger partial charge in [-0.05, 0) is 38.0 Å². The van der Waals surface area contributed by atoms with Gasteiger partial charge in [0, 0.05) is 24.9 Å². The summed E-state index contributed by atoms with van der Waals surface area (Å²) in [4.78, 5) is 18.7. The van der Waals surface area contributed by atoms with Gasteiger partial charge < -0.3 is 9.64 Å². The molecule has 0 fully saturated rings. The normalized spacial score (nSPS) is 10.7. The SMILES string of the molecule is Cc1nc2c(C#N)cnn2c(C)c1CCC(=O)N(C)CCOc1ccccc1Cl. The number of likely N-dealkylation sites (N-methyl/N-ethyl adjacent to an activating group) is 1. The standard InChI is InChI=1S/C21H22ClN5O2/c1-14-17(15(2)27-21(25-14)16(12-23)13-24-27)8-9-20(28)26(3)10-11-29-19-7-5-4-6-18(19)22/h4-7,13H,8-11H2,1-3H3. The number of carbonyl (C=O) groups excluding carboxylic acids is 1. The fraction of sp³-hybridized carbons (Fsp3) is 0.333. The van der Waals surface area contributed by atoms with Gasteiger partial charge in [0.2, 0.25) is 5.91 Å². The van der Waals surface area contributed by atoms with Crippen molar-refractivity contribution >= 4 is 23.2 Å². The Labute approximate surface area is 174 Å². The minimum atomic E-state index is 0.0184. The summed E-state index contributed by atoms with van der Waals surface area (Å²) >= 11 is 6.07. The maximum atomic E-state index is 12.5. The third kappa shape index (κ3) is 4.49. The lowest BCUT2D eigenvalue weighted by Gasteiger charge is -2.18. The monoisotopic (exact) mass is 411 g/mol. The van der Waals surface area contributed by atoms with Crippen LogP contribution in [0.3, 0.4) is 0 Å². The van der Waals surface area contributed by atoms with Gasteiger partial charge in [0.05, 0.1) is 17.8 Å². The maximum absolute atomic E-state index is 12.5. The van der Waals surface area contributed by atoms with Crippen LogP contribution in [-0.4, -0.2) is 45.6 Å². The fourth-order valence-corrected chi connectivity index (χ4v) is 3.34. The summed E-state index contributed by atoms with van der Waals surface area (Å²) in [5.74, 6) is 0.626. The topological polar surface area (TPSA) is 83.5 Å². The van der Waals surface area contributed by atoms with Gasteiger partial charge in [-0.15, -0.1) is 0 Å². The second-order valence-electron chi connectivity index (χ2n) is 6.76. The summed E-state index contributed by atoms with van der Waals surface area (Å²) < 4.78 is 7.31. The number of ether oxygens (including phenoxy) is 1. The highest BCUT2D eigenvalue weighted by Crippen LogP contribution is 2.23. The van der Waals surface area contributed by atoms with Crippen LogP contribution in [0, 0.1) is 25.2 Å². The Hall–Kier alpha value is -3.11. The average Bonchev–Trinajstić information content (AvgIpc) is 3.11. The molecule has 0 atom stereocenters. The number of aromatic nitrogens is 3. The number of fused-ring (bicyclic) bond motifs is 1. The summed E-state index contributed by atoms with van der Waals surface area (Å²) in [5, 5.41) is 13.9. The van der Waals surface area contributed by atoms with E-state index in [0.29, 0.717) is 48.0 Å². The minimum absolute atomic E-state index is 0.0184. The van der Waals surface area contributed by atoms with E-state index >= 15 is 0 Å². The lowest BCUT2D eigenvalue weighted by Crippen LogP contribution is -2.31. The molecule has 2 heterocycles. The maximum Gasteiger partial charge on any atom is 0.222 e. The molecule has 0 spiro atoms. The smallest absolute Gasteiger partial charge is 0.222 e. The molecule has 0 saturated carbocycles. The summed E-state index contributed by atoms with van der Waals surface area (Å²) in [7, 11) is 1.76. The molecule has 7 nitrogen and oxygen atoms in total. The van der Waals surface area contributed by atoms with Crippen molar-refractivity contribution < 1.29 is 9.53 Å². The van der Waals surface area contributed by atoms with Gasteiger partial charge in [-0.3, -0.25) is 4.79 Å². The van der Waals surface area contributed by atoms with Crippen molar-refractivity contribution in [1.82, 2.24) is 19.5 Å². The van der Waals surface area contributed by atoms with Crippen LogP contribution in [0.15, 0.2) is 30.5 Å². The van der Waals surface area contributed by atoms with Crippen LogP contribution in [0.1, 0.15) is 28.9 Å². The number of benzene rings is 1. The quantitative estimate of drug-likeness (QED) is 0.595. The van der Waals surface area contributed by atoms with Crippen molar-refractivity contribution in [2.24, 2.45) is 0 Å². The fourth-order valence-electron chi connectivity index (χ4n) is 3.15. The highest BCUT2D eigenvalue weighted by atomic mass is 35.5. The van der Waals surface area contributed by atoms with E-state index < -0.39 is 0 Å². The highest BCUT2D eigenvalue weighted by molar-refractivity contribution is 6.32. The second kappa shape index (κ2) is 8.93. The van der Waals surface area contributed by atoms with Gasteiger partial charge >= 0.3 is 0 Å². The molecule has 29 heavy (non-hydrogen) atoms. The summed E-state index contributed by atoms with van der Waals surface area (Å²) in [6.45, 7) is 4.64. The molecule has 0 radical (unpaired) electrons. The van der Waals surface area contributed by atoms with Crippen LogP contribution in [0.2, 0.25) is 5.02 Å². The van der Waals surface area contributed by atoms with Crippen LogP contribution >= 0.6 is 11.6 Å². The van der Waals surface area contributed by atoms with Crippen molar-refractivity contribution in [3.63, 3.8) is 0 Å². The Balaban J connectivity index is 1.59. The molecule has 3 rings (SSSR count). The number of hydrogen-bond acceptors (Lipinski definition) is 5. The van der Waals surface area contributed by atoms with Gasteiger partial charge in [0.1, 0.15) is 24.0 Å². The van der Waals surface area contributed by atoms with E-state index in [1.54, 1.807) is 28.6 Å². The molecule has 1 aromatic carbocycles. The first kappa shape index (κ1) is 20.6. The molecular weight excluding hydrogens is 390 g/mol. The van der Waals surface area contributed by atoms with E-state index in [0.717, 1.165) is 17.0 Å². The molecular formula is C21H22ClN5O2. The Morgan fingerprint density at radius 2 is 2.10 bits per heavy atom. The van der Waals surface area contributed by atoms with E-state index in [4.69, 9.17) is 21.6 Å². The minimum Gasteiger partial charge on any atom is -0.490 e. The first-order valence-electron chi connectivity index (χ1n) is 9.27. The van der Waals surface area contributed by atoms with Gasteiger partial charge in [-0.25, -0.2) is 9.50 Å². The number of nitriles is 1. The number of para-hydroxylation sites is 1. The number of halogens is 1. The van der Waals surface area contributed by atoms with Gasteiger partial charge in [0.15, 0.2) is 5.65 Å². The van der Waals surface area contributed by atoms with Crippen molar-refractivity contribution in [2.45, 2.75) is 26.7 Å². The molecule has 150 valence electrons. The average molecular weight is 412 g/mol. The zero-order chi connectivity index (χ0) is 21.0. The molecule has 3 aromatic rings. The molecule has 0 saturated heterocycles. The molecule has 0 aliphatic heterocycles. The Kier molecular flexibility index (Phi) is 6.35. The number of rotatable bonds is 7. The summed E-state index contributed by atoms with van der Waals surface area (Å²) in [6.07, 6.45) is 2.41. The van der Waals surface area contributed by atoms with Crippen molar-refractivity contribution in [2.75, 3.05) is 20.2 Å². The number of nitrogens with zero attached hydrogens (tertiary/aromatic N) is 5. The summed E-state index contributed by atoms with van der Waals surface area (Å²) in [5.41, 5.74) is 3.67. The van der Waals surface area contributed by atoms with Gasteiger partial charge in [-0.1, -0.05) is 23.7 Å². The zero-order valence-corrected chi connectivity index (χ0v) is 17.4. The van der Waals surface area contributed by atoms with Crippen LogP contribution < -0.4 is 4.74 Å². The zero-order valence-electron chi connectivity index (χ0n) is 16.6. The highest BCUT2D eigenvalue weighted by Gasteiger charge is 2.16. The largest absolute Gasteiger partial charge is 0.490 e. The first-order valence-corrected chi connectivity index (χ1v) is 9.65. The van der Waals surface area contributed by atoms with Crippen molar-refractivity contribution in [1.29, 1.82) is 5.26 Å². The van der Waals surface area contributed by atoms with Gasteiger partial charge in [-0.2, -0.15) is 10.4 Å². The third-order valence-electron chi connectivity index (χ3n) is 4.86. The molecule has 0 bridgehead atoms. The van der Waals surface area contributed by atoms with Crippen molar-refractivity contribution in [3.05, 3.63) is 58.0 Å². The summed E-state index contributed by atoms with van der Waals surface area (Å²) in [6, 6.07) is 9.35. The Bertz CT molecular complexity index is 1090. The molecule has 8 heteroatoms. The molecule has 0 unspecified atom stereocenters. The number of carbonyl (C=O) groups is 1. The predicted octanol–water partition coefficient (Wildman–Crippen LogP) is 3.34. The molecule has 0 aliphatic rings. The van der Waals surface area contributed by atoms with Crippen molar-refractivity contribution in [3.8, 4) is 11.8 Å². The Morgan fingerprint density at radius 1 is 1.34 bits per heavy atom. The van der Waals surface area contributed by atoms with E-state index in [2.05, 4.69) is 16.2 Å². The first-order chi connectivity index (χ1) is 13.9. The van der Waals surface area contributed by atoms with E-state index in [1.165, 1.54) is 6.20 Å². The van der Waals surface area contributed by atoms with E-state index in [1.807, 2.05) is 26.0 Å². The van der Waals surface area contributed by atoms with E-state index in [9.17, 15) is 4.79 Å². The van der Waals surface area contributed by atoms with Crippen LogP contribution in [0.25, 0.3) is 5.65 Å². The Morgan fingerprint density at radius 3 is 2.83 bits per heavy atom. The van der Waals surface area contributed by atoms with Crippen LogP contribution in [0.4, 0.5) is 0 Å². The number of aryl methyl sites for hydroxylation is 2. The molecule has 0 aliphatic carbocycles. The van der Waals surface area contributed by atoms with Crippen LogP contribution in [-0.2, 0) is 11.2 Å². The third-order valence-corrected chi connectivity index (χ3v) is 5.18. The molecule has 2 aromatic heterocycles. The second-order valence-corrected chi connectivity index (χ2v) is 7.17. The van der Waals surface area contributed by atoms with Gasteiger partial charge in [0.25, 0.3) is 0 Å². The van der Waals surface area contributed by atoms with E-state index in [-0.39, 0.29) is 5.91 Å². The molecule has 0 N–H and O–H groups in total.